The van der Waals surface area contributed by atoms with Gasteiger partial charge in [-0.05, 0) is 56.4 Å². The minimum atomic E-state index is -0.333. The molecule has 1 N–H and O–H groups in total. The SMILES string of the molecule is Cc1cc(O[C@H]2CCCC[C@@H]2O)cc(C)c1Cl. The van der Waals surface area contributed by atoms with Crippen molar-refractivity contribution >= 4 is 11.6 Å². The second-order valence-corrected chi connectivity index (χ2v) is 5.26. The van der Waals surface area contributed by atoms with Gasteiger partial charge >= 0.3 is 0 Å². The van der Waals surface area contributed by atoms with Crippen LogP contribution < -0.4 is 4.74 Å². The molecule has 0 amide bonds. The fourth-order valence-electron chi connectivity index (χ4n) is 2.36. The number of aliphatic hydroxyl groups is 1. The molecule has 0 aliphatic heterocycles. The molecule has 0 unspecified atom stereocenters. The highest BCUT2D eigenvalue weighted by molar-refractivity contribution is 6.32. The predicted molar refractivity (Wildman–Crippen MR) is 69.8 cm³/mol. The minimum absolute atomic E-state index is 0.0660. The minimum Gasteiger partial charge on any atom is -0.488 e. The molecule has 1 aliphatic carbocycles. The van der Waals surface area contributed by atoms with Crippen molar-refractivity contribution in [2.75, 3.05) is 0 Å². The normalized spacial score (nSPS) is 24.7. The van der Waals surface area contributed by atoms with Crippen LogP contribution in [-0.4, -0.2) is 17.3 Å². The van der Waals surface area contributed by atoms with Crippen molar-refractivity contribution in [2.24, 2.45) is 0 Å². The first-order chi connectivity index (χ1) is 8.08. The lowest BCUT2D eigenvalue weighted by atomic mass is 9.95. The summed E-state index contributed by atoms with van der Waals surface area (Å²) >= 11 is 6.12. The lowest BCUT2D eigenvalue weighted by molar-refractivity contribution is 0.00682. The molecule has 2 nitrogen and oxygen atoms in total. The van der Waals surface area contributed by atoms with E-state index in [1.54, 1.807) is 0 Å². The summed E-state index contributed by atoms with van der Waals surface area (Å²) in [4.78, 5) is 0. The quantitative estimate of drug-likeness (QED) is 0.873. The van der Waals surface area contributed by atoms with E-state index in [2.05, 4.69) is 0 Å². The average molecular weight is 255 g/mol. The average Bonchev–Trinajstić information content (AvgIpc) is 2.29. The largest absolute Gasteiger partial charge is 0.488 e. The highest BCUT2D eigenvalue weighted by atomic mass is 35.5. The van der Waals surface area contributed by atoms with Gasteiger partial charge in [0.15, 0.2) is 0 Å². The molecule has 2 atom stereocenters. The van der Waals surface area contributed by atoms with Gasteiger partial charge in [0.25, 0.3) is 0 Å². The maximum absolute atomic E-state index is 9.87. The molecular formula is C14H19ClO2. The number of aliphatic hydroxyl groups excluding tert-OH is 1. The summed E-state index contributed by atoms with van der Waals surface area (Å²) in [5.74, 6) is 0.815. The number of hydrogen-bond acceptors (Lipinski definition) is 2. The van der Waals surface area contributed by atoms with Gasteiger partial charge < -0.3 is 9.84 Å². The lowest BCUT2D eigenvalue weighted by Gasteiger charge is -2.28. The van der Waals surface area contributed by atoms with E-state index >= 15 is 0 Å². The summed E-state index contributed by atoms with van der Waals surface area (Å²) < 4.78 is 5.88. The fourth-order valence-corrected chi connectivity index (χ4v) is 2.47. The Morgan fingerprint density at radius 1 is 1.18 bits per heavy atom. The topological polar surface area (TPSA) is 29.5 Å². The summed E-state index contributed by atoms with van der Waals surface area (Å²) in [5.41, 5.74) is 2.04. The van der Waals surface area contributed by atoms with Crippen molar-refractivity contribution in [2.45, 2.75) is 51.7 Å². The molecule has 1 aromatic carbocycles. The van der Waals surface area contributed by atoms with Crippen molar-refractivity contribution in [3.05, 3.63) is 28.3 Å². The molecule has 1 fully saturated rings. The van der Waals surface area contributed by atoms with E-state index in [-0.39, 0.29) is 12.2 Å². The number of aryl methyl sites for hydroxylation is 2. The highest BCUT2D eigenvalue weighted by Crippen LogP contribution is 2.29. The Hall–Kier alpha value is -0.730. The van der Waals surface area contributed by atoms with Crippen LogP contribution in [0.25, 0.3) is 0 Å². The zero-order valence-corrected chi connectivity index (χ0v) is 11.1. The fraction of sp³-hybridized carbons (Fsp3) is 0.571. The number of ether oxygens (including phenoxy) is 1. The first-order valence-corrected chi connectivity index (χ1v) is 6.57. The molecular weight excluding hydrogens is 236 g/mol. The van der Waals surface area contributed by atoms with E-state index in [4.69, 9.17) is 16.3 Å². The number of benzene rings is 1. The molecule has 1 saturated carbocycles. The maximum atomic E-state index is 9.87. The molecule has 1 aliphatic rings. The van der Waals surface area contributed by atoms with E-state index in [0.29, 0.717) is 0 Å². The van der Waals surface area contributed by atoms with Gasteiger partial charge in [0.1, 0.15) is 11.9 Å². The van der Waals surface area contributed by atoms with Gasteiger partial charge in [0, 0.05) is 5.02 Å². The van der Waals surface area contributed by atoms with Crippen LogP contribution >= 0.6 is 11.6 Å². The van der Waals surface area contributed by atoms with Crippen LogP contribution in [0.3, 0.4) is 0 Å². The number of rotatable bonds is 2. The van der Waals surface area contributed by atoms with Crippen LogP contribution in [0.5, 0.6) is 5.75 Å². The van der Waals surface area contributed by atoms with Crippen molar-refractivity contribution in [3.8, 4) is 5.75 Å². The van der Waals surface area contributed by atoms with Crippen LogP contribution in [0, 0.1) is 13.8 Å². The Labute approximate surface area is 108 Å². The Balaban J connectivity index is 2.12. The monoisotopic (exact) mass is 254 g/mol. The second kappa shape index (κ2) is 5.28. The maximum Gasteiger partial charge on any atom is 0.124 e. The highest BCUT2D eigenvalue weighted by Gasteiger charge is 2.24. The van der Waals surface area contributed by atoms with Crippen LogP contribution in [0.15, 0.2) is 12.1 Å². The van der Waals surface area contributed by atoms with Crippen LogP contribution in [0.2, 0.25) is 5.02 Å². The van der Waals surface area contributed by atoms with Crippen molar-refractivity contribution in [1.29, 1.82) is 0 Å². The molecule has 0 heterocycles. The van der Waals surface area contributed by atoms with E-state index in [1.165, 1.54) is 0 Å². The molecule has 0 saturated heterocycles. The van der Waals surface area contributed by atoms with Gasteiger partial charge in [-0.15, -0.1) is 0 Å². The third kappa shape index (κ3) is 2.93. The second-order valence-electron chi connectivity index (χ2n) is 4.88. The molecule has 0 bridgehead atoms. The van der Waals surface area contributed by atoms with Crippen molar-refractivity contribution in [3.63, 3.8) is 0 Å². The van der Waals surface area contributed by atoms with Gasteiger partial charge in [-0.3, -0.25) is 0 Å². The Bertz CT molecular complexity index is 380. The Kier molecular flexibility index (Phi) is 3.95. The first kappa shape index (κ1) is 12.7. The van der Waals surface area contributed by atoms with Gasteiger partial charge in [-0.25, -0.2) is 0 Å². The molecule has 1 aromatic rings. The van der Waals surface area contributed by atoms with E-state index in [1.807, 2.05) is 26.0 Å². The smallest absolute Gasteiger partial charge is 0.124 e. The standard InChI is InChI=1S/C14H19ClO2/c1-9-7-11(8-10(2)14(9)15)17-13-6-4-3-5-12(13)16/h7-8,12-13,16H,3-6H2,1-2H3/t12-,13-/m0/s1. The summed E-state index contributed by atoms with van der Waals surface area (Å²) in [5, 5.41) is 10.7. The zero-order chi connectivity index (χ0) is 12.4. The van der Waals surface area contributed by atoms with E-state index < -0.39 is 0 Å². The molecule has 0 aromatic heterocycles. The predicted octanol–water partition coefficient (Wildman–Crippen LogP) is 3.64. The first-order valence-electron chi connectivity index (χ1n) is 6.19. The summed E-state index contributed by atoms with van der Waals surface area (Å²) in [6.07, 6.45) is 3.61. The van der Waals surface area contributed by atoms with Gasteiger partial charge in [-0.2, -0.15) is 0 Å². The molecule has 17 heavy (non-hydrogen) atoms. The molecule has 2 rings (SSSR count). The van der Waals surface area contributed by atoms with Crippen LogP contribution in [0.4, 0.5) is 0 Å². The van der Waals surface area contributed by atoms with E-state index in [0.717, 1.165) is 47.6 Å². The summed E-state index contributed by atoms with van der Waals surface area (Å²) in [7, 11) is 0. The van der Waals surface area contributed by atoms with Gasteiger partial charge in [-0.1, -0.05) is 18.0 Å². The third-order valence-electron chi connectivity index (χ3n) is 3.37. The van der Waals surface area contributed by atoms with Crippen LogP contribution in [-0.2, 0) is 0 Å². The Morgan fingerprint density at radius 3 is 2.35 bits per heavy atom. The Morgan fingerprint density at radius 2 is 1.76 bits per heavy atom. The van der Waals surface area contributed by atoms with E-state index in [9.17, 15) is 5.11 Å². The van der Waals surface area contributed by atoms with Crippen LogP contribution in [0.1, 0.15) is 36.8 Å². The lowest BCUT2D eigenvalue weighted by Crippen LogP contribution is -2.34. The molecule has 0 spiro atoms. The molecule has 3 heteroatoms. The molecule has 94 valence electrons. The van der Waals surface area contributed by atoms with Gasteiger partial charge in [0.2, 0.25) is 0 Å². The summed E-state index contributed by atoms with van der Waals surface area (Å²) in [6.45, 7) is 3.94. The number of halogens is 1. The third-order valence-corrected chi connectivity index (χ3v) is 3.96. The van der Waals surface area contributed by atoms with Gasteiger partial charge in [0.05, 0.1) is 6.10 Å². The molecule has 0 radical (unpaired) electrons. The van der Waals surface area contributed by atoms with Crippen molar-refractivity contribution in [1.82, 2.24) is 0 Å². The zero-order valence-electron chi connectivity index (χ0n) is 10.4. The van der Waals surface area contributed by atoms with Crippen molar-refractivity contribution < 1.29 is 9.84 Å². The summed E-state index contributed by atoms with van der Waals surface area (Å²) in [6, 6.07) is 3.88. The number of hydrogen-bond donors (Lipinski definition) is 1.